The van der Waals surface area contributed by atoms with E-state index in [9.17, 15) is 14.3 Å². The highest BCUT2D eigenvalue weighted by Crippen LogP contribution is 2.32. The standard InChI is InChI=1S/C24H31ClFN3O4/c1-27-23(30)19-13-20(25)22(32-2)14-21(19)33-12-9-28-16-24(31)7-10-29(11-8-24)15-17-3-5-18(26)6-4-17/h3-6,13-14,28,31H,7-12,15-16H2,1-2H3,(H,27,30). The maximum absolute atomic E-state index is 13.1. The van der Waals surface area contributed by atoms with Gasteiger partial charge in [-0.1, -0.05) is 23.7 Å². The predicted octanol–water partition coefficient (Wildman–Crippen LogP) is 2.84. The molecule has 0 atom stereocenters. The zero-order chi connectivity index (χ0) is 23.8. The molecule has 0 bridgehead atoms. The first kappa shape index (κ1) is 25.2. The van der Waals surface area contributed by atoms with E-state index in [1.165, 1.54) is 32.4 Å². The molecular weight excluding hydrogens is 449 g/mol. The number of ether oxygens (including phenoxy) is 2. The van der Waals surface area contributed by atoms with E-state index < -0.39 is 5.60 Å². The van der Waals surface area contributed by atoms with Gasteiger partial charge in [0, 0.05) is 45.8 Å². The molecular formula is C24H31ClFN3O4. The molecule has 33 heavy (non-hydrogen) atoms. The molecule has 2 aromatic carbocycles. The summed E-state index contributed by atoms with van der Waals surface area (Å²) in [6.07, 6.45) is 1.30. The Labute approximate surface area is 198 Å². The highest BCUT2D eigenvalue weighted by Gasteiger charge is 2.31. The maximum atomic E-state index is 13.1. The third-order valence-corrected chi connectivity index (χ3v) is 6.12. The SMILES string of the molecule is CNC(=O)c1cc(Cl)c(OC)cc1OCCNCC1(O)CCN(Cc2ccc(F)cc2)CC1. The second kappa shape index (κ2) is 11.7. The Morgan fingerprint density at radius 1 is 1.21 bits per heavy atom. The number of nitrogens with zero attached hydrogens (tertiary/aromatic N) is 1. The van der Waals surface area contributed by atoms with Gasteiger partial charge < -0.3 is 25.2 Å². The van der Waals surface area contributed by atoms with Gasteiger partial charge in [-0.25, -0.2) is 4.39 Å². The van der Waals surface area contributed by atoms with Gasteiger partial charge in [0.05, 0.1) is 23.3 Å². The molecule has 1 fully saturated rings. The number of carbonyl (C=O) groups excluding carboxylic acids is 1. The molecule has 0 radical (unpaired) electrons. The first-order chi connectivity index (χ1) is 15.8. The molecule has 0 unspecified atom stereocenters. The number of halogens is 2. The number of hydrogen-bond acceptors (Lipinski definition) is 6. The highest BCUT2D eigenvalue weighted by atomic mass is 35.5. The van der Waals surface area contributed by atoms with Crippen LogP contribution >= 0.6 is 11.6 Å². The smallest absolute Gasteiger partial charge is 0.254 e. The maximum Gasteiger partial charge on any atom is 0.254 e. The summed E-state index contributed by atoms with van der Waals surface area (Å²) in [7, 11) is 3.04. The van der Waals surface area contributed by atoms with Crippen molar-refractivity contribution < 1.29 is 23.8 Å². The molecule has 0 aliphatic carbocycles. The summed E-state index contributed by atoms with van der Waals surface area (Å²) in [5.41, 5.74) is 0.610. The van der Waals surface area contributed by atoms with Gasteiger partial charge in [-0.05, 0) is 36.6 Å². The van der Waals surface area contributed by atoms with Crippen molar-refractivity contribution in [2.45, 2.75) is 25.0 Å². The Morgan fingerprint density at radius 2 is 1.91 bits per heavy atom. The summed E-state index contributed by atoms with van der Waals surface area (Å²) in [5.74, 6) is 0.269. The molecule has 7 nitrogen and oxygen atoms in total. The van der Waals surface area contributed by atoms with Crippen molar-refractivity contribution >= 4 is 17.5 Å². The van der Waals surface area contributed by atoms with Crippen molar-refractivity contribution in [3.63, 3.8) is 0 Å². The second-order valence-electron chi connectivity index (χ2n) is 8.21. The normalized spacial score (nSPS) is 15.8. The molecule has 0 aromatic heterocycles. The van der Waals surface area contributed by atoms with E-state index in [2.05, 4.69) is 15.5 Å². The average Bonchev–Trinajstić information content (AvgIpc) is 2.82. The van der Waals surface area contributed by atoms with E-state index in [-0.39, 0.29) is 11.7 Å². The monoisotopic (exact) mass is 479 g/mol. The fraction of sp³-hybridized carbons (Fsp3) is 0.458. The molecule has 9 heteroatoms. The van der Waals surface area contributed by atoms with Crippen LogP contribution in [0.25, 0.3) is 0 Å². The molecule has 0 saturated carbocycles. The minimum absolute atomic E-state index is 0.234. The Balaban J connectivity index is 1.43. The van der Waals surface area contributed by atoms with E-state index in [0.29, 0.717) is 54.6 Å². The second-order valence-corrected chi connectivity index (χ2v) is 8.62. The van der Waals surface area contributed by atoms with Crippen LogP contribution in [-0.4, -0.2) is 68.5 Å². The van der Waals surface area contributed by atoms with Crippen LogP contribution in [0, 0.1) is 5.82 Å². The van der Waals surface area contributed by atoms with Crippen LogP contribution in [0.15, 0.2) is 36.4 Å². The van der Waals surface area contributed by atoms with E-state index in [1.807, 2.05) is 0 Å². The van der Waals surface area contributed by atoms with Gasteiger partial charge in [0.25, 0.3) is 5.91 Å². The lowest BCUT2D eigenvalue weighted by molar-refractivity contribution is -0.0219. The number of hydrogen-bond donors (Lipinski definition) is 3. The first-order valence-corrected chi connectivity index (χ1v) is 11.3. The van der Waals surface area contributed by atoms with Crippen LogP contribution in [0.5, 0.6) is 11.5 Å². The Hall–Kier alpha value is -2.39. The minimum atomic E-state index is -0.782. The first-order valence-electron chi connectivity index (χ1n) is 11.0. The van der Waals surface area contributed by atoms with E-state index in [0.717, 1.165) is 25.2 Å². The van der Waals surface area contributed by atoms with E-state index in [1.54, 1.807) is 18.2 Å². The molecule has 1 aliphatic rings. The number of rotatable bonds is 10. The Morgan fingerprint density at radius 3 is 2.55 bits per heavy atom. The lowest BCUT2D eigenvalue weighted by Crippen LogP contribution is -2.50. The average molecular weight is 480 g/mol. The number of methoxy groups -OCH3 is 1. The van der Waals surface area contributed by atoms with Crippen molar-refractivity contribution in [1.29, 1.82) is 0 Å². The molecule has 180 valence electrons. The summed E-state index contributed by atoms with van der Waals surface area (Å²) in [4.78, 5) is 14.4. The van der Waals surface area contributed by atoms with Gasteiger partial charge >= 0.3 is 0 Å². The molecule has 0 spiro atoms. The summed E-state index contributed by atoms with van der Waals surface area (Å²) < 4.78 is 24.1. The summed E-state index contributed by atoms with van der Waals surface area (Å²) in [6.45, 7) is 3.54. The van der Waals surface area contributed by atoms with Gasteiger partial charge in [0.15, 0.2) is 0 Å². The number of likely N-dealkylation sites (tertiary alicyclic amines) is 1. The summed E-state index contributed by atoms with van der Waals surface area (Å²) in [5, 5.41) is 17.0. The van der Waals surface area contributed by atoms with Gasteiger partial charge in [0.2, 0.25) is 0 Å². The van der Waals surface area contributed by atoms with Crippen molar-refractivity contribution in [2.75, 3.05) is 46.9 Å². The molecule has 2 aromatic rings. The van der Waals surface area contributed by atoms with Gasteiger partial charge in [-0.2, -0.15) is 0 Å². The van der Waals surface area contributed by atoms with Gasteiger partial charge in [0.1, 0.15) is 23.9 Å². The van der Waals surface area contributed by atoms with Crippen LogP contribution in [0.3, 0.4) is 0 Å². The van der Waals surface area contributed by atoms with Crippen molar-refractivity contribution in [1.82, 2.24) is 15.5 Å². The highest BCUT2D eigenvalue weighted by molar-refractivity contribution is 6.32. The number of carbonyl (C=O) groups is 1. The molecule has 1 amide bonds. The predicted molar refractivity (Wildman–Crippen MR) is 126 cm³/mol. The van der Waals surface area contributed by atoms with Gasteiger partial charge in [-0.3, -0.25) is 9.69 Å². The van der Waals surface area contributed by atoms with Crippen molar-refractivity contribution in [2.24, 2.45) is 0 Å². The number of benzene rings is 2. The number of nitrogens with one attached hydrogen (secondary N) is 2. The summed E-state index contributed by atoms with van der Waals surface area (Å²) in [6, 6.07) is 9.65. The Kier molecular flexibility index (Phi) is 8.91. The van der Waals surface area contributed by atoms with Crippen LogP contribution in [0.4, 0.5) is 4.39 Å². The fourth-order valence-corrected chi connectivity index (χ4v) is 4.07. The van der Waals surface area contributed by atoms with E-state index in [4.69, 9.17) is 21.1 Å². The Bertz CT molecular complexity index is 934. The van der Waals surface area contributed by atoms with Crippen LogP contribution in [-0.2, 0) is 6.54 Å². The molecule has 3 N–H and O–H groups in total. The number of aliphatic hydroxyl groups is 1. The lowest BCUT2D eigenvalue weighted by atomic mass is 9.91. The molecule has 1 heterocycles. The van der Waals surface area contributed by atoms with E-state index >= 15 is 0 Å². The molecule has 1 aliphatic heterocycles. The topological polar surface area (TPSA) is 83.1 Å². The van der Waals surface area contributed by atoms with Crippen LogP contribution in [0.2, 0.25) is 5.02 Å². The summed E-state index contributed by atoms with van der Waals surface area (Å²) >= 11 is 6.13. The number of amides is 1. The molecule has 3 rings (SSSR count). The largest absolute Gasteiger partial charge is 0.495 e. The molecule has 1 saturated heterocycles. The van der Waals surface area contributed by atoms with Gasteiger partial charge in [-0.15, -0.1) is 0 Å². The quantitative estimate of drug-likeness (QED) is 0.454. The third kappa shape index (κ3) is 7.04. The minimum Gasteiger partial charge on any atom is -0.495 e. The van der Waals surface area contributed by atoms with Crippen LogP contribution in [0.1, 0.15) is 28.8 Å². The zero-order valence-electron chi connectivity index (χ0n) is 19.0. The van der Waals surface area contributed by atoms with Crippen molar-refractivity contribution in [3.05, 3.63) is 58.4 Å². The zero-order valence-corrected chi connectivity index (χ0v) is 19.8. The lowest BCUT2D eigenvalue weighted by Gasteiger charge is -2.38. The van der Waals surface area contributed by atoms with Crippen molar-refractivity contribution in [3.8, 4) is 11.5 Å². The van der Waals surface area contributed by atoms with Crippen LogP contribution < -0.4 is 20.1 Å². The fourth-order valence-electron chi connectivity index (χ4n) is 3.83. The number of piperidine rings is 1. The third-order valence-electron chi connectivity index (χ3n) is 5.82.